The maximum Gasteiger partial charge on any atom is 0.245 e. The quantitative estimate of drug-likeness (QED) is 0.578. The van der Waals surface area contributed by atoms with Crippen LogP contribution in [0.4, 0.5) is 0 Å². The first-order valence-corrected chi connectivity index (χ1v) is 4.94. The van der Waals surface area contributed by atoms with Gasteiger partial charge in [-0.2, -0.15) is 0 Å². The van der Waals surface area contributed by atoms with Crippen LogP contribution in [0.25, 0.3) is 6.08 Å². The molecule has 1 rings (SSSR count). The fraction of sp³-hybridized carbons (Fsp3) is 0.250. The molecule has 0 aliphatic rings. The van der Waals surface area contributed by atoms with Crippen molar-refractivity contribution in [1.29, 1.82) is 0 Å². The van der Waals surface area contributed by atoms with E-state index in [0.29, 0.717) is 6.42 Å². The number of benzene rings is 1. The highest BCUT2D eigenvalue weighted by molar-refractivity contribution is 5.91. The van der Waals surface area contributed by atoms with Crippen LogP contribution in [0.15, 0.2) is 36.4 Å². The molecule has 0 aliphatic heterocycles. The summed E-state index contributed by atoms with van der Waals surface area (Å²) in [5.41, 5.74) is 0.957. The Kier molecular flexibility index (Phi) is 4.57. The molecule has 0 fully saturated rings. The molecule has 0 saturated carbocycles. The van der Waals surface area contributed by atoms with E-state index in [2.05, 4.69) is 5.32 Å². The Morgan fingerprint density at radius 3 is 2.73 bits per heavy atom. The van der Waals surface area contributed by atoms with Gasteiger partial charge in [-0.1, -0.05) is 37.3 Å². The summed E-state index contributed by atoms with van der Waals surface area (Å²) in [7, 11) is 0. The lowest BCUT2D eigenvalue weighted by Crippen LogP contribution is -2.32. The number of aliphatic hydroxyl groups is 1. The zero-order valence-corrected chi connectivity index (χ0v) is 8.68. The van der Waals surface area contributed by atoms with Crippen LogP contribution in [0.5, 0.6) is 0 Å². The number of carbonyl (C=O) groups excluding carboxylic acids is 1. The average molecular weight is 205 g/mol. The van der Waals surface area contributed by atoms with E-state index >= 15 is 0 Å². The lowest BCUT2D eigenvalue weighted by Gasteiger charge is -2.07. The molecule has 1 atom stereocenters. The van der Waals surface area contributed by atoms with Gasteiger partial charge in [-0.05, 0) is 18.1 Å². The van der Waals surface area contributed by atoms with E-state index in [9.17, 15) is 4.79 Å². The normalized spacial score (nSPS) is 12.7. The highest BCUT2D eigenvalue weighted by Gasteiger charge is 2.01. The highest BCUT2D eigenvalue weighted by atomic mass is 16.3. The van der Waals surface area contributed by atoms with Crippen molar-refractivity contribution in [1.82, 2.24) is 5.32 Å². The molecule has 0 aliphatic carbocycles. The van der Waals surface area contributed by atoms with Gasteiger partial charge in [-0.3, -0.25) is 4.79 Å². The van der Waals surface area contributed by atoms with Crippen molar-refractivity contribution < 1.29 is 9.90 Å². The minimum atomic E-state index is -0.766. The molecule has 1 aromatic carbocycles. The molecule has 1 amide bonds. The molecule has 0 radical (unpaired) electrons. The molecular formula is C12H15NO2. The van der Waals surface area contributed by atoms with Crippen LogP contribution < -0.4 is 5.32 Å². The molecule has 1 aromatic rings. The smallest absolute Gasteiger partial charge is 0.245 e. The molecule has 0 saturated heterocycles. The molecule has 15 heavy (non-hydrogen) atoms. The van der Waals surface area contributed by atoms with Gasteiger partial charge in [0.1, 0.15) is 6.23 Å². The topological polar surface area (TPSA) is 49.3 Å². The first-order chi connectivity index (χ1) is 7.22. The summed E-state index contributed by atoms with van der Waals surface area (Å²) in [5.74, 6) is -0.284. The van der Waals surface area contributed by atoms with E-state index in [1.807, 2.05) is 30.3 Å². The summed E-state index contributed by atoms with van der Waals surface area (Å²) in [4.78, 5) is 11.2. The largest absolute Gasteiger partial charge is 0.374 e. The number of aliphatic hydroxyl groups excluding tert-OH is 1. The van der Waals surface area contributed by atoms with E-state index < -0.39 is 6.23 Å². The van der Waals surface area contributed by atoms with Crippen molar-refractivity contribution in [3.05, 3.63) is 42.0 Å². The Labute approximate surface area is 89.4 Å². The van der Waals surface area contributed by atoms with Crippen molar-refractivity contribution in [2.24, 2.45) is 0 Å². The summed E-state index contributed by atoms with van der Waals surface area (Å²) in [6, 6.07) is 9.52. The van der Waals surface area contributed by atoms with Crippen molar-refractivity contribution in [3.8, 4) is 0 Å². The molecule has 80 valence electrons. The van der Waals surface area contributed by atoms with Gasteiger partial charge in [0.15, 0.2) is 0 Å². The van der Waals surface area contributed by atoms with Crippen molar-refractivity contribution in [2.75, 3.05) is 0 Å². The minimum Gasteiger partial charge on any atom is -0.374 e. The molecule has 3 heteroatoms. The second-order valence-electron chi connectivity index (χ2n) is 3.18. The van der Waals surface area contributed by atoms with Gasteiger partial charge in [-0.25, -0.2) is 0 Å². The fourth-order valence-electron chi connectivity index (χ4n) is 1.05. The molecular weight excluding hydrogens is 190 g/mol. The molecule has 0 spiro atoms. The zero-order chi connectivity index (χ0) is 11.1. The van der Waals surface area contributed by atoms with Gasteiger partial charge < -0.3 is 10.4 Å². The molecule has 0 bridgehead atoms. The Hall–Kier alpha value is -1.61. The highest BCUT2D eigenvalue weighted by Crippen LogP contribution is 2.00. The molecule has 3 nitrogen and oxygen atoms in total. The Morgan fingerprint density at radius 1 is 1.47 bits per heavy atom. The van der Waals surface area contributed by atoms with Gasteiger partial charge in [-0.15, -0.1) is 0 Å². The third-order valence-corrected chi connectivity index (χ3v) is 1.92. The Morgan fingerprint density at radius 2 is 2.13 bits per heavy atom. The predicted molar refractivity (Wildman–Crippen MR) is 59.9 cm³/mol. The van der Waals surface area contributed by atoms with Crippen LogP contribution in [0.2, 0.25) is 0 Å². The minimum absolute atomic E-state index is 0.284. The average Bonchev–Trinajstić information content (AvgIpc) is 2.27. The number of carbonyl (C=O) groups is 1. The molecule has 2 N–H and O–H groups in total. The van der Waals surface area contributed by atoms with Crippen LogP contribution in [0.1, 0.15) is 18.9 Å². The van der Waals surface area contributed by atoms with E-state index in [1.54, 1.807) is 13.0 Å². The zero-order valence-electron chi connectivity index (χ0n) is 8.68. The molecule has 0 heterocycles. The first kappa shape index (κ1) is 11.5. The van der Waals surface area contributed by atoms with Crippen molar-refractivity contribution in [2.45, 2.75) is 19.6 Å². The maximum atomic E-state index is 11.2. The fourth-order valence-corrected chi connectivity index (χ4v) is 1.05. The summed E-state index contributed by atoms with van der Waals surface area (Å²) in [5, 5.41) is 11.6. The van der Waals surface area contributed by atoms with Crippen LogP contribution in [0, 0.1) is 0 Å². The monoisotopic (exact) mass is 205 g/mol. The number of hydrogen-bond acceptors (Lipinski definition) is 2. The van der Waals surface area contributed by atoms with E-state index in [0.717, 1.165) is 5.56 Å². The maximum absolute atomic E-state index is 11.2. The number of hydrogen-bond donors (Lipinski definition) is 2. The molecule has 0 unspecified atom stereocenters. The summed E-state index contributed by atoms with van der Waals surface area (Å²) in [6.45, 7) is 1.80. The second kappa shape index (κ2) is 5.98. The third kappa shape index (κ3) is 4.42. The van der Waals surface area contributed by atoms with Gasteiger partial charge in [0.25, 0.3) is 0 Å². The second-order valence-corrected chi connectivity index (χ2v) is 3.18. The van der Waals surface area contributed by atoms with Crippen LogP contribution in [-0.2, 0) is 4.79 Å². The standard InChI is InChI=1S/C12H15NO2/c1-2-11(14)13-12(15)9-8-10-6-4-3-5-7-10/h3-9,11,14H,2H2,1H3,(H,13,15)/b9-8+/t11-/m0/s1. The van der Waals surface area contributed by atoms with E-state index in [1.165, 1.54) is 6.08 Å². The van der Waals surface area contributed by atoms with E-state index in [4.69, 9.17) is 5.11 Å². The van der Waals surface area contributed by atoms with Gasteiger partial charge >= 0.3 is 0 Å². The van der Waals surface area contributed by atoms with Crippen LogP contribution in [0.3, 0.4) is 0 Å². The molecule has 0 aromatic heterocycles. The summed E-state index contributed by atoms with van der Waals surface area (Å²) in [6.07, 6.45) is 2.86. The first-order valence-electron chi connectivity index (χ1n) is 4.94. The van der Waals surface area contributed by atoms with E-state index in [-0.39, 0.29) is 5.91 Å². The summed E-state index contributed by atoms with van der Waals surface area (Å²) < 4.78 is 0. The predicted octanol–water partition coefficient (Wildman–Crippen LogP) is 1.54. The van der Waals surface area contributed by atoms with Crippen LogP contribution >= 0.6 is 0 Å². The summed E-state index contributed by atoms with van der Waals surface area (Å²) >= 11 is 0. The van der Waals surface area contributed by atoms with Gasteiger partial charge in [0, 0.05) is 6.08 Å². The van der Waals surface area contributed by atoms with Gasteiger partial charge in [0.05, 0.1) is 0 Å². The Balaban J connectivity index is 2.48. The third-order valence-electron chi connectivity index (χ3n) is 1.92. The van der Waals surface area contributed by atoms with Crippen LogP contribution in [-0.4, -0.2) is 17.2 Å². The SMILES string of the molecule is CC[C@H](O)NC(=O)/C=C/c1ccccc1. The lowest BCUT2D eigenvalue weighted by molar-refractivity contribution is -0.119. The number of rotatable bonds is 4. The van der Waals surface area contributed by atoms with Crippen molar-refractivity contribution in [3.63, 3.8) is 0 Å². The number of nitrogens with one attached hydrogen (secondary N) is 1. The Bertz CT molecular complexity index is 333. The van der Waals surface area contributed by atoms with Gasteiger partial charge in [0.2, 0.25) is 5.91 Å². The van der Waals surface area contributed by atoms with Crippen molar-refractivity contribution >= 4 is 12.0 Å². The lowest BCUT2D eigenvalue weighted by atomic mass is 10.2. The number of amides is 1.